The first-order chi connectivity index (χ1) is 6.97. The fourth-order valence-electron chi connectivity index (χ4n) is 2.15. The van der Waals surface area contributed by atoms with Gasteiger partial charge in [0.05, 0.1) is 0 Å². The molecule has 1 fully saturated rings. The van der Waals surface area contributed by atoms with E-state index in [0.29, 0.717) is 12.3 Å². The molecule has 1 rings (SSSR count). The van der Waals surface area contributed by atoms with Gasteiger partial charge in [-0.2, -0.15) is 0 Å². The molecule has 0 atom stereocenters. The van der Waals surface area contributed by atoms with Crippen molar-refractivity contribution in [3.05, 3.63) is 12.2 Å². The maximum Gasteiger partial charge on any atom is 0.155 e. The van der Waals surface area contributed by atoms with Gasteiger partial charge in [0.15, 0.2) is 5.78 Å². The zero-order valence-corrected chi connectivity index (χ0v) is 10.4. The Hall–Kier alpha value is -0.590. The van der Waals surface area contributed by atoms with Gasteiger partial charge in [-0.3, -0.25) is 4.79 Å². The SMILES string of the molecule is CC(C)(C)CC(=O)C=CC1CCCCC1. The lowest BCUT2D eigenvalue weighted by Crippen LogP contribution is -2.11. The van der Waals surface area contributed by atoms with E-state index < -0.39 is 0 Å². The minimum Gasteiger partial charge on any atom is -0.295 e. The lowest BCUT2D eigenvalue weighted by Gasteiger charge is -2.18. The molecule has 86 valence electrons. The molecule has 0 aromatic heterocycles. The van der Waals surface area contributed by atoms with Gasteiger partial charge >= 0.3 is 0 Å². The second kappa shape index (κ2) is 5.48. The molecule has 0 amide bonds. The molecule has 1 saturated carbocycles. The van der Waals surface area contributed by atoms with Gasteiger partial charge in [0.2, 0.25) is 0 Å². The highest BCUT2D eigenvalue weighted by Crippen LogP contribution is 2.25. The van der Waals surface area contributed by atoms with E-state index in [-0.39, 0.29) is 11.2 Å². The molecular weight excluding hydrogens is 184 g/mol. The van der Waals surface area contributed by atoms with Crippen LogP contribution in [0, 0.1) is 11.3 Å². The second-order valence-corrected chi connectivity index (χ2v) is 5.96. The molecule has 1 aliphatic rings. The topological polar surface area (TPSA) is 17.1 Å². The molecule has 0 N–H and O–H groups in total. The summed E-state index contributed by atoms with van der Waals surface area (Å²) in [6.07, 6.45) is 11.2. The first kappa shape index (κ1) is 12.5. The van der Waals surface area contributed by atoms with Crippen molar-refractivity contribution in [1.29, 1.82) is 0 Å². The number of carbonyl (C=O) groups excluding carboxylic acids is 1. The van der Waals surface area contributed by atoms with Crippen LogP contribution in [0.2, 0.25) is 0 Å². The largest absolute Gasteiger partial charge is 0.295 e. The van der Waals surface area contributed by atoms with Crippen molar-refractivity contribution >= 4 is 5.78 Å². The predicted molar refractivity (Wildman–Crippen MR) is 64.8 cm³/mol. The fourth-order valence-corrected chi connectivity index (χ4v) is 2.15. The van der Waals surface area contributed by atoms with E-state index in [1.165, 1.54) is 32.1 Å². The number of allylic oxidation sites excluding steroid dienone is 2. The summed E-state index contributed by atoms with van der Waals surface area (Å²) >= 11 is 0. The first-order valence-corrected chi connectivity index (χ1v) is 6.18. The molecule has 0 aromatic carbocycles. The van der Waals surface area contributed by atoms with Crippen molar-refractivity contribution in [3.63, 3.8) is 0 Å². The van der Waals surface area contributed by atoms with Crippen LogP contribution in [0.4, 0.5) is 0 Å². The van der Waals surface area contributed by atoms with Crippen molar-refractivity contribution in [2.24, 2.45) is 11.3 Å². The Labute approximate surface area is 93.9 Å². The molecule has 1 heteroatoms. The van der Waals surface area contributed by atoms with E-state index in [4.69, 9.17) is 0 Å². The van der Waals surface area contributed by atoms with Crippen molar-refractivity contribution in [1.82, 2.24) is 0 Å². The predicted octanol–water partition coefficient (Wildman–Crippen LogP) is 4.13. The maximum atomic E-state index is 11.6. The molecule has 0 radical (unpaired) electrons. The van der Waals surface area contributed by atoms with E-state index in [1.54, 1.807) is 0 Å². The summed E-state index contributed by atoms with van der Waals surface area (Å²) in [5, 5.41) is 0. The van der Waals surface area contributed by atoms with Crippen molar-refractivity contribution in [2.45, 2.75) is 59.3 Å². The highest BCUT2D eigenvalue weighted by Gasteiger charge is 2.15. The molecule has 0 saturated heterocycles. The summed E-state index contributed by atoms with van der Waals surface area (Å²) in [5.74, 6) is 0.954. The molecule has 0 aliphatic heterocycles. The monoisotopic (exact) mass is 208 g/mol. The quantitative estimate of drug-likeness (QED) is 0.637. The Morgan fingerprint density at radius 2 is 1.80 bits per heavy atom. The maximum absolute atomic E-state index is 11.6. The van der Waals surface area contributed by atoms with E-state index in [9.17, 15) is 4.79 Å². The van der Waals surface area contributed by atoms with Crippen LogP contribution in [0.1, 0.15) is 59.3 Å². The van der Waals surface area contributed by atoms with E-state index in [0.717, 1.165) is 0 Å². The summed E-state index contributed by atoms with van der Waals surface area (Å²) in [6.45, 7) is 6.33. The summed E-state index contributed by atoms with van der Waals surface area (Å²) in [5.41, 5.74) is 0.119. The lowest BCUT2D eigenvalue weighted by atomic mass is 9.87. The molecule has 1 nitrogen and oxygen atoms in total. The van der Waals surface area contributed by atoms with Gasteiger partial charge in [-0.1, -0.05) is 46.1 Å². The average molecular weight is 208 g/mol. The average Bonchev–Trinajstić information content (AvgIpc) is 2.14. The Balaban J connectivity index is 2.33. The Morgan fingerprint density at radius 1 is 1.20 bits per heavy atom. The van der Waals surface area contributed by atoms with Gasteiger partial charge in [-0.25, -0.2) is 0 Å². The minimum atomic E-state index is 0.119. The second-order valence-electron chi connectivity index (χ2n) is 5.96. The van der Waals surface area contributed by atoms with Gasteiger partial charge in [0.1, 0.15) is 0 Å². The van der Waals surface area contributed by atoms with E-state index >= 15 is 0 Å². The normalized spacial score (nSPS) is 19.7. The Kier molecular flexibility index (Phi) is 4.56. The van der Waals surface area contributed by atoms with Crippen LogP contribution >= 0.6 is 0 Å². The van der Waals surface area contributed by atoms with Crippen LogP contribution in [0.3, 0.4) is 0 Å². The van der Waals surface area contributed by atoms with Crippen LogP contribution < -0.4 is 0 Å². The number of ketones is 1. The third kappa shape index (κ3) is 5.76. The minimum absolute atomic E-state index is 0.119. The molecule has 0 unspecified atom stereocenters. The number of hydrogen-bond acceptors (Lipinski definition) is 1. The lowest BCUT2D eigenvalue weighted by molar-refractivity contribution is -0.116. The van der Waals surface area contributed by atoms with Crippen molar-refractivity contribution < 1.29 is 4.79 Å². The van der Waals surface area contributed by atoms with Crippen LogP contribution in [0.5, 0.6) is 0 Å². The number of hydrogen-bond donors (Lipinski definition) is 0. The van der Waals surface area contributed by atoms with Crippen LogP contribution in [-0.2, 0) is 4.79 Å². The van der Waals surface area contributed by atoms with Crippen LogP contribution in [-0.4, -0.2) is 5.78 Å². The smallest absolute Gasteiger partial charge is 0.155 e. The van der Waals surface area contributed by atoms with Crippen molar-refractivity contribution in [2.75, 3.05) is 0 Å². The Morgan fingerprint density at radius 3 is 2.33 bits per heavy atom. The van der Waals surface area contributed by atoms with Gasteiger partial charge in [-0.15, -0.1) is 0 Å². The van der Waals surface area contributed by atoms with E-state index in [1.807, 2.05) is 6.08 Å². The number of carbonyl (C=O) groups is 1. The molecule has 1 aliphatic carbocycles. The zero-order chi connectivity index (χ0) is 11.3. The summed E-state index contributed by atoms with van der Waals surface area (Å²) in [7, 11) is 0. The van der Waals surface area contributed by atoms with Gasteiger partial charge in [0, 0.05) is 6.42 Å². The van der Waals surface area contributed by atoms with Gasteiger partial charge in [0.25, 0.3) is 0 Å². The van der Waals surface area contributed by atoms with Crippen LogP contribution in [0.15, 0.2) is 12.2 Å². The molecule has 0 spiro atoms. The van der Waals surface area contributed by atoms with Crippen LogP contribution in [0.25, 0.3) is 0 Å². The highest BCUT2D eigenvalue weighted by molar-refractivity contribution is 5.90. The van der Waals surface area contributed by atoms with Crippen molar-refractivity contribution in [3.8, 4) is 0 Å². The third-order valence-corrected chi connectivity index (χ3v) is 2.91. The molecule has 0 heterocycles. The fraction of sp³-hybridized carbons (Fsp3) is 0.786. The number of rotatable bonds is 3. The third-order valence-electron chi connectivity index (χ3n) is 2.91. The Bertz CT molecular complexity index is 226. The standard InChI is InChI=1S/C14H24O/c1-14(2,3)11-13(15)10-9-12-7-5-4-6-8-12/h9-10,12H,4-8,11H2,1-3H3. The summed E-state index contributed by atoms with van der Waals surface area (Å²) in [4.78, 5) is 11.6. The zero-order valence-electron chi connectivity index (χ0n) is 10.4. The molecule has 0 aromatic rings. The highest BCUT2D eigenvalue weighted by atomic mass is 16.1. The molecule has 0 bridgehead atoms. The van der Waals surface area contributed by atoms with E-state index in [2.05, 4.69) is 26.8 Å². The molecular formula is C14H24O. The van der Waals surface area contributed by atoms with Gasteiger partial charge in [-0.05, 0) is 30.3 Å². The first-order valence-electron chi connectivity index (χ1n) is 6.18. The van der Waals surface area contributed by atoms with Gasteiger partial charge < -0.3 is 0 Å². The summed E-state index contributed by atoms with van der Waals surface area (Å²) < 4.78 is 0. The molecule has 15 heavy (non-hydrogen) atoms. The summed E-state index contributed by atoms with van der Waals surface area (Å²) in [6, 6.07) is 0.